The second kappa shape index (κ2) is 3.23. The highest BCUT2D eigenvalue weighted by molar-refractivity contribution is 5.10. The number of nitrogens with zero attached hydrogens (tertiary/aromatic N) is 1. The normalized spacial score (nSPS) is 8.67. The van der Waals surface area contributed by atoms with Gasteiger partial charge in [-0.2, -0.15) is 0 Å². The molecule has 0 aromatic heterocycles. The van der Waals surface area contributed by atoms with Gasteiger partial charge in [-0.15, -0.1) is 0 Å². The summed E-state index contributed by atoms with van der Waals surface area (Å²) in [6.07, 6.45) is 0. The van der Waals surface area contributed by atoms with Crippen molar-refractivity contribution in [2.45, 2.75) is 6.92 Å². The van der Waals surface area contributed by atoms with E-state index in [4.69, 9.17) is 0 Å². The first-order chi connectivity index (χ1) is 4.09. The fourth-order valence-corrected chi connectivity index (χ4v) is 0.671. The first-order valence-corrected chi connectivity index (χ1v) is 2.88. The van der Waals surface area contributed by atoms with Gasteiger partial charge in [0.15, 0.2) is 5.70 Å². The molecular weight excluding hydrogens is 110 g/mol. The summed E-state index contributed by atoms with van der Waals surface area (Å²) in [4.78, 5) is 1.85. The smallest absolute Gasteiger partial charge is 0.190 e. The zero-order valence-electron chi connectivity index (χ0n) is 5.98. The van der Waals surface area contributed by atoms with Crippen LogP contribution in [0.2, 0.25) is 0 Å². The molecule has 0 amide bonds. The third kappa shape index (κ3) is 2.27. The van der Waals surface area contributed by atoms with Gasteiger partial charge in [0, 0.05) is 12.2 Å². The van der Waals surface area contributed by atoms with Crippen LogP contribution >= 0.6 is 0 Å². The molecule has 0 aliphatic heterocycles. The molecule has 0 saturated heterocycles. The van der Waals surface area contributed by atoms with Crippen molar-refractivity contribution in [1.82, 2.24) is 4.90 Å². The van der Waals surface area contributed by atoms with Crippen LogP contribution in [-0.2, 0) is 0 Å². The predicted molar refractivity (Wildman–Crippen MR) is 41.4 cm³/mol. The molecule has 0 aromatic rings. The Morgan fingerprint density at radius 3 is 2.00 bits per heavy atom. The van der Waals surface area contributed by atoms with Gasteiger partial charge in [0.25, 0.3) is 0 Å². The maximum Gasteiger partial charge on any atom is 0.190 e. The van der Waals surface area contributed by atoms with E-state index >= 15 is 0 Å². The standard InChI is InChI=1S/C8H13N/c1-6-9(7(2)3)8(4)5/h2-6H2,1H3/q+1. The lowest BCUT2D eigenvalue weighted by Gasteiger charge is -2.17. The quantitative estimate of drug-likeness (QED) is 0.519. The molecular formula is C8H13N+. The maximum absolute atomic E-state index is 3.66. The summed E-state index contributed by atoms with van der Waals surface area (Å²) < 4.78 is 0. The van der Waals surface area contributed by atoms with E-state index in [9.17, 15) is 0 Å². The van der Waals surface area contributed by atoms with Crippen LogP contribution in [0.5, 0.6) is 0 Å². The van der Waals surface area contributed by atoms with Gasteiger partial charge in [-0.05, 0) is 13.8 Å². The van der Waals surface area contributed by atoms with E-state index in [1.807, 2.05) is 11.8 Å². The molecule has 0 bridgehead atoms. The van der Waals surface area contributed by atoms with Gasteiger partial charge in [0.05, 0.1) is 13.5 Å². The van der Waals surface area contributed by atoms with Crippen LogP contribution in [0.4, 0.5) is 0 Å². The van der Waals surface area contributed by atoms with E-state index in [1.54, 1.807) is 0 Å². The Labute approximate surface area is 57.7 Å². The first-order valence-electron chi connectivity index (χ1n) is 2.88. The number of hydrogen-bond acceptors (Lipinski definition) is 1. The third-order valence-electron chi connectivity index (χ3n) is 1.08. The fraction of sp³-hybridized carbons (Fsp3) is 0.250. The first kappa shape index (κ1) is 8.15. The summed E-state index contributed by atoms with van der Waals surface area (Å²) in [5.41, 5.74) is 1.50. The number of hydrogen-bond donors (Lipinski definition) is 0. The average molecular weight is 123 g/mol. The fourth-order valence-electron chi connectivity index (χ4n) is 0.671. The van der Waals surface area contributed by atoms with Gasteiger partial charge >= 0.3 is 0 Å². The molecule has 0 spiro atoms. The molecule has 0 aliphatic rings. The lowest BCUT2D eigenvalue weighted by Crippen LogP contribution is -2.17. The lowest BCUT2D eigenvalue weighted by molar-refractivity contribution is 0.480. The summed E-state index contributed by atoms with van der Waals surface area (Å²) >= 11 is 0. The molecule has 0 heterocycles. The topological polar surface area (TPSA) is 3.24 Å². The molecule has 1 radical (unpaired) electrons. The van der Waals surface area contributed by atoms with Gasteiger partial charge in [-0.3, -0.25) is 0 Å². The van der Waals surface area contributed by atoms with Gasteiger partial charge in [-0.25, -0.2) is 0 Å². The highest BCUT2D eigenvalue weighted by Gasteiger charge is 2.04. The van der Waals surface area contributed by atoms with Crippen molar-refractivity contribution in [2.24, 2.45) is 0 Å². The second-order valence-electron chi connectivity index (χ2n) is 1.88. The maximum atomic E-state index is 3.66. The summed E-state index contributed by atoms with van der Waals surface area (Å²) in [7, 11) is 0. The van der Waals surface area contributed by atoms with Crippen LogP contribution in [-0.4, -0.2) is 11.4 Å². The van der Waals surface area contributed by atoms with Crippen molar-refractivity contribution < 1.29 is 0 Å². The Morgan fingerprint density at radius 2 is 2.00 bits per heavy atom. The molecule has 0 rings (SSSR count). The van der Waals surface area contributed by atoms with Gasteiger partial charge in [-0.1, -0.05) is 6.58 Å². The molecule has 9 heavy (non-hydrogen) atoms. The molecule has 1 heteroatoms. The molecule has 1 nitrogen and oxygen atoms in total. The van der Waals surface area contributed by atoms with E-state index in [2.05, 4.69) is 27.0 Å². The van der Waals surface area contributed by atoms with Crippen molar-refractivity contribution in [2.75, 3.05) is 6.54 Å². The van der Waals surface area contributed by atoms with E-state index in [0.717, 1.165) is 17.9 Å². The molecule has 0 saturated carbocycles. The zero-order valence-corrected chi connectivity index (χ0v) is 5.98. The summed E-state index contributed by atoms with van der Waals surface area (Å²) in [5.74, 6) is 0. The SMILES string of the molecule is [CH2]C(=C)N(CC)C(=C)[CH2+]. The Kier molecular flexibility index (Phi) is 2.93. The Morgan fingerprint density at radius 1 is 1.56 bits per heavy atom. The van der Waals surface area contributed by atoms with Crippen molar-refractivity contribution in [3.05, 3.63) is 38.4 Å². The molecule has 0 aromatic carbocycles. The average Bonchev–Trinajstić information content (AvgIpc) is 1.64. The van der Waals surface area contributed by atoms with E-state index < -0.39 is 0 Å². The Hall–Kier alpha value is -0.850. The number of allylic oxidation sites excluding steroid dienone is 2. The van der Waals surface area contributed by atoms with Crippen LogP contribution in [0.3, 0.4) is 0 Å². The van der Waals surface area contributed by atoms with E-state index in [0.29, 0.717) is 0 Å². The van der Waals surface area contributed by atoms with Crippen molar-refractivity contribution in [1.29, 1.82) is 0 Å². The molecule has 0 unspecified atom stereocenters. The Bertz CT molecular complexity index is 111. The molecule has 0 fully saturated rings. The minimum atomic E-state index is 0.748. The van der Waals surface area contributed by atoms with Gasteiger partial charge in [0.2, 0.25) is 0 Å². The molecule has 49 valence electrons. The van der Waals surface area contributed by atoms with Crippen LogP contribution < -0.4 is 0 Å². The lowest BCUT2D eigenvalue weighted by atomic mass is 10.4. The van der Waals surface area contributed by atoms with Crippen LogP contribution in [0, 0.1) is 13.8 Å². The summed E-state index contributed by atoms with van der Waals surface area (Å²) in [6, 6.07) is 0. The monoisotopic (exact) mass is 123 g/mol. The van der Waals surface area contributed by atoms with Crippen LogP contribution in [0.15, 0.2) is 24.6 Å². The Balaban J connectivity index is 3.99. The van der Waals surface area contributed by atoms with Gasteiger partial charge < -0.3 is 4.90 Å². The minimum absolute atomic E-state index is 0.748. The van der Waals surface area contributed by atoms with E-state index in [1.165, 1.54) is 0 Å². The molecule has 0 aliphatic carbocycles. The zero-order chi connectivity index (χ0) is 7.44. The largest absolute Gasteiger partial charge is 0.314 e. The van der Waals surface area contributed by atoms with Crippen LogP contribution in [0.1, 0.15) is 6.92 Å². The number of rotatable bonds is 3. The molecule has 0 N–H and O–H groups in total. The second-order valence-corrected chi connectivity index (χ2v) is 1.88. The highest BCUT2D eigenvalue weighted by Crippen LogP contribution is 2.05. The highest BCUT2D eigenvalue weighted by atomic mass is 15.1. The van der Waals surface area contributed by atoms with Crippen molar-refractivity contribution >= 4 is 0 Å². The van der Waals surface area contributed by atoms with Crippen LogP contribution in [0.25, 0.3) is 0 Å². The summed E-state index contributed by atoms with van der Waals surface area (Å²) in [5, 5.41) is 0. The molecule has 0 atom stereocenters. The third-order valence-corrected chi connectivity index (χ3v) is 1.08. The minimum Gasteiger partial charge on any atom is -0.314 e. The van der Waals surface area contributed by atoms with Crippen molar-refractivity contribution in [3.8, 4) is 0 Å². The van der Waals surface area contributed by atoms with E-state index in [-0.39, 0.29) is 0 Å². The van der Waals surface area contributed by atoms with Crippen molar-refractivity contribution in [3.63, 3.8) is 0 Å². The van der Waals surface area contributed by atoms with Gasteiger partial charge in [0.1, 0.15) is 0 Å². The predicted octanol–water partition coefficient (Wildman–Crippen LogP) is 2.00. The summed E-state index contributed by atoms with van der Waals surface area (Å²) in [6.45, 7) is 17.5.